The van der Waals surface area contributed by atoms with Crippen LogP contribution >= 0.6 is 0 Å². The number of nitrogens with two attached hydrogens (primary N) is 1. The maximum atomic E-state index is 5.68. The molecule has 0 aliphatic carbocycles. The Bertz CT molecular complexity index is 475. The first-order valence-corrected chi connectivity index (χ1v) is 5.46. The molecule has 1 atom stereocenters. The van der Waals surface area contributed by atoms with Crippen molar-refractivity contribution in [1.82, 2.24) is 14.5 Å². The van der Waals surface area contributed by atoms with Crippen molar-refractivity contribution in [1.29, 1.82) is 0 Å². The number of anilines is 1. The third-order valence-electron chi connectivity index (χ3n) is 2.81. The second-order valence-electron chi connectivity index (χ2n) is 3.91. The zero-order valence-corrected chi connectivity index (χ0v) is 9.59. The molecule has 2 heterocycles. The van der Waals surface area contributed by atoms with Crippen LogP contribution in [0.4, 0.5) is 5.82 Å². The van der Waals surface area contributed by atoms with Gasteiger partial charge < -0.3 is 10.3 Å². The van der Waals surface area contributed by atoms with Crippen LogP contribution in [0.15, 0.2) is 30.9 Å². The Morgan fingerprint density at radius 2 is 2.31 bits per heavy atom. The molecular formula is C12H16N4. The second kappa shape index (κ2) is 4.35. The van der Waals surface area contributed by atoms with E-state index in [-0.39, 0.29) is 0 Å². The van der Waals surface area contributed by atoms with Crippen LogP contribution < -0.4 is 5.73 Å². The smallest absolute Gasteiger partial charge is 0.123 e. The van der Waals surface area contributed by atoms with Crippen LogP contribution in [-0.2, 0) is 0 Å². The predicted octanol–water partition coefficient (Wildman–Crippen LogP) is 2.50. The van der Waals surface area contributed by atoms with Gasteiger partial charge in [0.05, 0.1) is 18.2 Å². The van der Waals surface area contributed by atoms with E-state index in [4.69, 9.17) is 5.73 Å². The van der Waals surface area contributed by atoms with Gasteiger partial charge in [0.2, 0.25) is 0 Å². The Hall–Kier alpha value is -1.84. The number of rotatable bonds is 3. The molecule has 2 N–H and O–H groups in total. The largest absolute Gasteiger partial charge is 0.384 e. The molecule has 2 aromatic rings. The normalized spacial score (nSPS) is 12.6. The lowest BCUT2D eigenvalue weighted by atomic mass is 10.1. The average Bonchev–Trinajstić information content (AvgIpc) is 2.77. The van der Waals surface area contributed by atoms with E-state index in [0.717, 1.165) is 17.7 Å². The van der Waals surface area contributed by atoms with Crippen LogP contribution in [0.25, 0.3) is 11.3 Å². The van der Waals surface area contributed by atoms with E-state index in [0.29, 0.717) is 11.9 Å². The molecule has 0 bridgehead atoms. The van der Waals surface area contributed by atoms with Crippen LogP contribution in [0.3, 0.4) is 0 Å². The molecule has 0 radical (unpaired) electrons. The van der Waals surface area contributed by atoms with Crippen molar-refractivity contribution in [3.05, 3.63) is 30.9 Å². The number of pyridine rings is 1. The molecule has 4 nitrogen and oxygen atoms in total. The summed E-state index contributed by atoms with van der Waals surface area (Å²) in [6, 6.07) is 4.26. The van der Waals surface area contributed by atoms with Crippen LogP contribution in [0.5, 0.6) is 0 Å². The molecule has 0 aliphatic rings. The number of imidazole rings is 1. The quantitative estimate of drug-likeness (QED) is 0.857. The minimum absolute atomic E-state index is 0.437. The molecule has 2 aromatic heterocycles. The van der Waals surface area contributed by atoms with Crippen molar-refractivity contribution in [3.63, 3.8) is 0 Å². The third-order valence-corrected chi connectivity index (χ3v) is 2.81. The monoisotopic (exact) mass is 216 g/mol. The van der Waals surface area contributed by atoms with Gasteiger partial charge in [-0.1, -0.05) is 6.92 Å². The van der Waals surface area contributed by atoms with Gasteiger partial charge in [-0.2, -0.15) is 0 Å². The van der Waals surface area contributed by atoms with Crippen LogP contribution in [0.1, 0.15) is 26.3 Å². The zero-order chi connectivity index (χ0) is 11.5. The van der Waals surface area contributed by atoms with Gasteiger partial charge in [-0.05, 0) is 25.5 Å². The van der Waals surface area contributed by atoms with Crippen molar-refractivity contribution >= 4 is 5.82 Å². The summed E-state index contributed by atoms with van der Waals surface area (Å²) in [7, 11) is 0. The molecular weight excluding hydrogens is 200 g/mol. The number of nitrogens with zero attached hydrogens (tertiary/aromatic N) is 3. The minimum atomic E-state index is 0.437. The lowest BCUT2D eigenvalue weighted by Crippen LogP contribution is -2.04. The highest BCUT2D eigenvalue weighted by Crippen LogP contribution is 2.24. The molecule has 1 unspecified atom stereocenters. The average molecular weight is 216 g/mol. The molecule has 0 aromatic carbocycles. The summed E-state index contributed by atoms with van der Waals surface area (Å²) < 4.78 is 2.16. The van der Waals surface area contributed by atoms with Crippen molar-refractivity contribution in [3.8, 4) is 11.3 Å². The van der Waals surface area contributed by atoms with Crippen LogP contribution in [-0.4, -0.2) is 14.5 Å². The summed E-state index contributed by atoms with van der Waals surface area (Å²) in [6.45, 7) is 4.34. The maximum absolute atomic E-state index is 5.68. The fraction of sp³-hybridized carbons (Fsp3) is 0.333. The van der Waals surface area contributed by atoms with Crippen molar-refractivity contribution in [2.45, 2.75) is 26.3 Å². The van der Waals surface area contributed by atoms with E-state index in [1.807, 2.05) is 24.7 Å². The third kappa shape index (κ3) is 1.91. The van der Waals surface area contributed by atoms with Crippen molar-refractivity contribution in [2.24, 2.45) is 0 Å². The summed E-state index contributed by atoms with van der Waals surface area (Å²) in [5.74, 6) is 0.536. The highest BCUT2D eigenvalue weighted by atomic mass is 15.1. The molecule has 0 saturated heterocycles. The predicted molar refractivity (Wildman–Crippen MR) is 64.9 cm³/mol. The molecule has 2 rings (SSSR count). The number of hydrogen-bond acceptors (Lipinski definition) is 3. The van der Waals surface area contributed by atoms with E-state index in [1.165, 1.54) is 0 Å². The lowest BCUT2D eigenvalue weighted by Gasteiger charge is -2.14. The van der Waals surface area contributed by atoms with Crippen LogP contribution in [0, 0.1) is 0 Å². The number of hydrogen-bond donors (Lipinski definition) is 1. The van der Waals surface area contributed by atoms with Gasteiger partial charge >= 0.3 is 0 Å². The topological polar surface area (TPSA) is 56.7 Å². The SMILES string of the molecule is CCC(C)n1cncc1-c1ccnc(N)c1. The van der Waals surface area contributed by atoms with Gasteiger partial charge in [0.15, 0.2) is 0 Å². The first-order valence-electron chi connectivity index (χ1n) is 5.46. The molecule has 0 saturated carbocycles. The standard InChI is InChI=1S/C12H16N4/c1-3-9(2)16-8-14-7-11(16)10-4-5-15-12(13)6-10/h4-9H,3H2,1-2H3,(H2,13,15). The molecule has 16 heavy (non-hydrogen) atoms. The molecule has 4 heteroatoms. The molecule has 0 fully saturated rings. The Morgan fingerprint density at radius 3 is 3.00 bits per heavy atom. The van der Waals surface area contributed by atoms with Crippen molar-refractivity contribution < 1.29 is 0 Å². The van der Waals surface area contributed by atoms with Gasteiger partial charge in [-0.3, -0.25) is 0 Å². The van der Waals surface area contributed by atoms with E-state index in [1.54, 1.807) is 6.20 Å². The molecule has 0 aliphatic heterocycles. The Labute approximate surface area is 95.1 Å². The van der Waals surface area contributed by atoms with Gasteiger partial charge in [0.1, 0.15) is 5.82 Å². The van der Waals surface area contributed by atoms with Gasteiger partial charge in [0, 0.05) is 17.8 Å². The summed E-state index contributed by atoms with van der Waals surface area (Å²) in [5, 5.41) is 0. The van der Waals surface area contributed by atoms with Gasteiger partial charge in [0.25, 0.3) is 0 Å². The fourth-order valence-electron chi connectivity index (χ4n) is 1.68. The Morgan fingerprint density at radius 1 is 1.50 bits per heavy atom. The first-order chi connectivity index (χ1) is 7.72. The first kappa shape index (κ1) is 10.7. The maximum Gasteiger partial charge on any atom is 0.123 e. The fourth-order valence-corrected chi connectivity index (χ4v) is 1.68. The van der Waals surface area contributed by atoms with Crippen LogP contribution in [0.2, 0.25) is 0 Å². The Kier molecular flexibility index (Phi) is 2.90. The second-order valence-corrected chi connectivity index (χ2v) is 3.91. The summed E-state index contributed by atoms with van der Waals surface area (Å²) in [4.78, 5) is 8.19. The van der Waals surface area contributed by atoms with E-state index >= 15 is 0 Å². The molecule has 0 spiro atoms. The summed E-state index contributed by atoms with van der Waals surface area (Å²) in [5.41, 5.74) is 7.83. The molecule has 0 amide bonds. The van der Waals surface area contributed by atoms with Gasteiger partial charge in [-0.15, -0.1) is 0 Å². The zero-order valence-electron chi connectivity index (χ0n) is 9.59. The van der Waals surface area contributed by atoms with E-state index in [9.17, 15) is 0 Å². The highest BCUT2D eigenvalue weighted by Gasteiger charge is 2.09. The number of nitrogen functional groups attached to an aromatic ring is 1. The minimum Gasteiger partial charge on any atom is -0.384 e. The summed E-state index contributed by atoms with van der Waals surface area (Å²) in [6.07, 6.45) is 6.52. The van der Waals surface area contributed by atoms with E-state index in [2.05, 4.69) is 28.4 Å². The summed E-state index contributed by atoms with van der Waals surface area (Å²) >= 11 is 0. The Balaban J connectivity index is 2.44. The number of aromatic nitrogens is 3. The van der Waals surface area contributed by atoms with E-state index < -0.39 is 0 Å². The van der Waals surface area contributed by atoms with Crippen molar-refractivity contribution in [2.75, 3.05) is 5.73 Å². The molecule has 84 valence electrons. The lowest BCUT2D eigenvalue weighted by molar-refractivity contribution is 0.535. The highest BCUT2D eigenvalue weighted by molar-refractivity contribution is 5.61. The van der Waals surface area contributed by atoms with Gasteiger partial charge in [-0.25, -0.2) is 9.97 Å².